The van der Waals surface area contributed by atoms with Crippen molar-refractivity contribution in [2.75, 3.05) is 19.8 Å². The first-order chi connectivity index (χ1) is 8.76. The quantitative estimate of drug-likeness (QED) is 0.890. The van der Waals surface area contributed by atoms with Crippen molar-refractivity contribution in [3.8, 4) is 0 Å². The molecule has 1 aromatic rings. The Morgan fingerprint density at radius 3 is 2.72 bits per heavy atom. The third kappa shape index (κ3) is 2.91. The van der Waals surface area contributed by atoms with Gasteiger partial charge in [0.05, 0.1) is 25.9 Å². The van der Waals surface area contributed by atoms with Crippen LogP contribution in [0, 0.1) is 0 Å². The zero-order valence-corrected chi connectivity index (χ0v) is 11.3. The second-order valence-corrected chi connectivity index (χ2v) is 4.75. The Kier molecular flexibility index (Phi) is 4.75. The molecule has 0 bridgehead atoms. The van der Waals surface area contributed by atoms with Gasteiger partial charge in [0.1, 0.15) is 6.10 Å². The minimum atomic E-state index is -0.0910. The van der Waals surface area contributed by atoms with Gasteiger partial charge in [-0.05, 0) is 29.5 Å². The molecule has 3 heteroatoms. The molecule has 0 radical (unpaired) electrons. The Hall–Kier alpha value is -0.900. The molecular formula is C15H23NO2. The average molecular weight is 249 g/mol. The Morgan fingerprint density at radius 2 is 2.11 bits per heavy atom. The van der Waals surface area contributed by atoms with Gasteiger partial charge in [0, 0.05) is 0 Å². The molecular weight excluding hydrogens is 226 g/mol. The minimum Gasteiger partial charge on any atom is -0.376 e. The SMILES string of the molecule is CCc1ccc(CC)c(C(N)C2COCCO2)c1. The van der Waals surface area contributed by atoms with E-state index in [1.807, 2.05) is 0 Å². The summed E-state index contributed by atoms with van der Waals surface area (Å²) >= 11 is 0. The fourth-order valence-corrected chi connectivity index (χ4v) is 2.41. The summed E-state index contributed by atoms with van der Waals surface area (Å²) < 4.78 is 11.2. The van der Waals surface area contributed by atoms with Crippen molar-refractivity contribution in [2.24, 2.45) is 5.73 Å². The summed E-state index contributed by atoms with van der Waals surface area (Å²) in [6.07, 6.45) is 2.02. The number of hydrogen-bond acceptors (Lipinski definition) is 3. The van der Waals surface area contributed by atoms with Gasteiger partial charge in [-0.1, -0.05) is 32.0 Å². The van der Waals surface area contributed by atoms with Crippen molar-refractivity contribution in [1.82, 2.24) is 0 Å². The fourth-order valence-electron chi connectivity index (χ4n) is 2.41. The lowest BCUT2D eigenvalue weighted by Gasteiger charge is -2.29. The normalized spacial score (nSPS) is 21.8. The maximum absolute atomic E-state index is 6.36. The van der Waals surface area contributed by atoms with Crippen molar-refractivity contribution >= 4 is 0 Å². The van der Waals surface area contributed by atoms with Crippen molar-refractivity contribution < 1.29 is 9.47 Å². The summed E-state index contributed by atoms with van der Waals surface area (Å²) in [5.41, 5.74) is 10.2. The van der Waals surface area contributed by atoms with Crippen molar-refractivity contribution in [3.63, 3.8) is 0 Å². The van der Waals surface area contributed by atoms with E-state index in [-0.39, 0.29) is 12.1 Å². The topological polar surface area (TPSA) is 44.5 Å². The number of ether oxygens (including phenoxy) is 2. The molecule has 2 unspecified atom stereocenters. The van der Waals surface area contributed by atoms with Crippen LogP contribution >= 0.6 is 0 Å². The van der Waals surface area contributed by atoms with Crippen molar-refractivity contribution in [2.45, 2.75) is 38.8 Å². The van der Waals surface area contributed by atoms with Crippen LogP contribution in [0.3, 0.4) is 0 Å². The van der Waals surface area contributed by atoms with Gasteiger partial charge < -0.3 is 15.2 Å². The highest BCUT2D eigenvalue weighted by Crippen LogP contribution is 2.24. The molecule has 0 aliphatic carbocycles. The van der Waals surface area contributed by atoms with Crippen LogP contribution in [0.15, 0.2) is 18.2 Å². The van der Waals surface area contributed by atoms with E-state index in [2.05, 4.69) is 32.0 Å². The fraction of sp³-hybridized carbons (Fsp3) is 0.600. The van der Waals surface area contributed by atoms with Crippen LogP contribution in [0.1, 0.15) is 36.6 Å². The molecule has 0 amide bonds. The molecule has 18 heavy (non-hydrogen) atoms. The third-order valence-electron chi connectivity index (χ3n) is 3.60. The molecule has 3 nitrogen and oxygen atoms in total. The van der Waals surface area contributed by atoms with E-state index >= 15 is 0 Å². The predicted molar refractivity (Wildman–Crippen MR) is 72.7 cm³/mol. The molecule has 1 aromatic carbocycles. The predicted octanol–water partition coefficient (Wildman–Crippen LogP) is 2.23. The summed E-state index contributed by atoms with van der Waals surface area (Å²) in [5, 5.41) is 0. The van der Waals surface area contributed by atoms with Crippen molar-refractivity contribution in [3.05, 3.63) is 34.9 Å². The monoisotopic (exact) mass is 249 g/mol. The van der Waals surface area contributed by atoms with Gasteiger partial charge in [-0.15, -0.1) is 0 Å². The maximum atomic E-state index is 6.36. The molecule has 0 spiro atoms. The Labute approximate surface area is 109 Å². The summed E-state index contributed by atoms with van der Waals surface area (Å²) in [4.78, 5) is 0. The molecule has 100 valence electrons. The van der Waals surface area contributed by atoms with Crippen LogP contribution in [-0.4, -0.2) is 25.9 Å². The summed E-state index contributed by atoms with van der Waals surface area (Å²) in [7, 11) is 0. The zero-order chi connectivity index (χ0) is 13.0. The third-order valence-corrected chi connectivity index (χ3v) is 3.60. The number of benzene rings is 1. The first kappa shape index (κ1) is 13.5. The molecule has 2 atom stereocenters. The highest BCUT2D eigenvalue weighted by molar-refractivity contribution is 5.35. The molecule has 1 heterocycles. The maximum Gasteiger partial charge on any atom is 0.100 e. The molecule has 1 aliphatic rings. The van der Waals surface area contributed by atoms with Gasteiger partial charge in [-0.25, -0.2) is 0 Å². The highest BCUT2D eigenvalue weighted by atomic mass is 16.6. The summed E-state index contributed by atoms with van der Waals surface area (Å²) in [6.45, 7) is 6.25. The van der Waals surface area contributed by atoms with Gasteiger partial charge >= 0.3 is 0 Å². The number of rotatable bonds is 4. The Morgan fingerprint density at radius 1 is 1.28 bits per heavy atom. The van der Waals surface area contributed by atoms with Gasteiger partial charge in [-0.2, -0.15) is 0 Å². The lowest BCUT2D eigenvalue weighted by Crippen LogP contribution is -2.38. The molecule has 0 aromatic heterocycles. The highest BCUT2D eigenvalue weighted by Gasteiger charge is 2.24. The molecule has 1 fully saturated rings. The van der Waals surface area contributed by atoms with E-state index in [4.69, 9.17) is 15.2 Å². The summed E-state index contributed by atoms with van der Waals surface area (Å²) in [6, 6.07) is 6.51. The van der Waals surface area contributed by atoms with Gasteiger partial charge in [0.25, 0.3) is 0 Å². The van der Waals surface area contributed by atoms with E-state index in [0.717, 1.165) is 12.8 Å². The van der Waals surface area contributed by atoms with E-state index in [1.54, 1.807) is 0 Å². The lowest BCUT2D eigenvalue weighted by molar-refractivity contribution is -0.0976. The van der Waals surface area contributed by atoms with Crippen LogP contribution in [0.25, 0.3) is 0 Å². The van der Waals surface area contributed by atoms with Crippen molar-refractivity contribution in [1.29, 1.82) is 0 Å². The van der Waals surface area contributed by atoms with Crippen LogP contribution in [0.4, 0.5) is 0 Å². The van der Waals surface area contributed by atoms with Crippen LogP contribution < -0.4 is 5.73 Å². The molecule has 1 aliphatic heterocycles. The van der Waals surface area contributed by atoms with Gasteiger partial charge in [0.15, 0.2) is 0 Å². The molecule has 0 saturated carbocycles. The van der Waals surface area contributed by atoms with E-state index in [0.29, 0.717) is 19.8 Å². The Balaban J connectivity index is 2.23. The lowest BCUT2D eigenvalue weighted by atomic mass is 9.93. The first-order valence-electron chi connectivity index (χ1n) is 6.82. The minimum absolute atomic E-state index is 0.0174. The van der Waals surface area contributed by atoms with E-state index in [1.165, 1.54) is 16.7 Å². The van der Waals surface area contributed by atoms with E-state index in [9.17, 15) is 0 Å². The average Bonchev–Trinajstić information content (AvgIpc) is 2.46. The second-order valence-electron chi connectivity index (χ2n) is 4.75. The van der Waals surface area contributed by atoms with Gasteiger partial charge in [-0.3, -0.25) is 0 Å². The van der Waals surface area contributed by atoms with E-state index < -0.39 is 0 Å². The van der Waals surface area contributed by atoms with Crippen LogP contribution in [-0.2, 0) is 22.3 Å². The second kappa shape index (κ2) is 6.32. The smallest absolute Gasteiger partial charge is 0.100 e. The standard InChI is InChI=1S/C15H23NO2/c1-3-11-5-6-12(4-2)13(9-11)15(16)14-10-17-7-8-18-14/h5-6,9,14-15H,3-4,7-8,10,16H2,1-2H3. The summed E-state index contributed by atoms with van der Waals surface area (Å²) in [5.74, 6) is 0. The first-order valence-corrected chi connectivity index (χ1v) is 6.82. The number of hydrogen-bond donors (Lipinski definition) is 1. The van der Waals surface area contributed by atoms with Gasteiger partial charge in [0.2, 0.25) is 0 Å². The molecule has 2 rings (SSSR count). The van der Waals surface area contributed by atoms with Crippen LogP contribution in [0.5, 0.6) is 0 Å². The van der Waals surface area contributed by atoms with Crippen LogP contribution in [0.2, 0.25) is 0 Å². The molecule has 2 N–H and O–H groups in total. The number of nitrogens with two attached hydrogens (primary N) is 1. The largest absolute Gasteiger partial charge is 0.376 e. The number of aryl methyl sites for hydroxylation is 2. The molecule has 1 saturated heterocycles. The zero-order valence-electron chi connectivity index (χ0n) is 11.3. The Bertz CT molecular complexity index is 386.